The summed E-state index contributed by atoms with van der Waals surface area (Å²) < 4.78 is 13.1. The molecular formula is C22H22FN5OS. The first kappa shape index (κ1) is 20.2. The van der Waals surface area contributed by atoms with Crippen LogP contribution in [0, 0.1) is 12.7 Å². The van der Waals surface area contributed by atoms with Gasteiger partial charge in [0.15, 0.2) is 5.16 Å². The zero-order chi connectivity index (χ0) is 20.9. The minimum atomic E-state index is -0.243. The molecule has 1 aliphatic heterocycles. The van der Waals surface area contributed by atoms with Crippen molar-refractivity contribution in [2.75, 3.05) is 36.4 Å². The van der Waals surface area contributed by atoms with Crippen LogP contribution in [0.2, 0.25) is 0 Å². The summed E-state index contributed by atoms with van der Waals surface area (Å²) in [5, 5.41) is 3.70. The number of nitrogens with zero attached hydrogens (tertiary/aromatic N) is 4. The highest BCUT2D eigenvalue weighted by Gasteiger charge is 2.21. The lowest BCUT2D eigenvalue weighted by molar-refractivity contribution is 0.208. The van der Waals surface area contributed by atoms with Crippen LogP contribution in [0.5, 0.6) is 0 Å². The summed E-state index contributed by atoms with van der Waals surface area (Å²) in [5.41, 5.74) is 2.75. The smallest absolute Gasteiger partial charge is 0.321 e. The van der Waals surface area contributed by atoms with Gasteiger partial charge in [0.25, 0.3) is 0 Å². The van der Waals surface area contributed by atoms with Crippen LogP contribution in [0.3, 0.4) is 0 Å². The Morgan fingerprint density at radius 3 is 2.40 bits per heavy atom. The van der Waals surface area contributed by atoms with Crippen molar-refractivity contribution in [2.24, 2.45) is 0 Å². The normalized spacial score (nSPS) is 13.9. The number of amides is 2. The third kappa shape index (κ3) is 4.88. The number of hydrogen-bond acceptors (Lipinski definition) is 5. The minimum absolute atomic E-state index is 0.108. The molecule has 1 aliphatic rings. The average molecular weight is 424 g/mol. The van der Waals surface area contributed by atoms with Crippen LogP contribution in [0.25, 0.3) is 0 Å². The number of nitrogens with one attached hydrogen (secondary N) is 1. The van der Waals surface area contributed by atoms with Crippen molar-refractivity contribution in [1.82, 2.24) is 14.9 Å². The Morgan fingerprint density at radius 1 is 1.03 bits per heavy atom. The second-order valence-corrected chi connectivity index (χ2v) is 8.03. The largest absolute Gasteiger partial charge is 0.368 e. The molecule has 2 aromatic carbocycles. The highest BCUT2D eigenvalue weighted by molar-refractivity contribution is 7.99. The van der Waals surface area contributed by atoms with E-state index in [0.717, 1.165) is 21.8 Å². The number of hydrogen-bond donors (Lipinski definition) is 1. The molecule has 30 heavy (non-hydrogen) atoms. The molecule has 154 valence electrons. The van der Waals surface area contributed by atoms with Gasteiger partial charge in [0.1, 0.15) is 5.82 Å². The van der Waals surface area contributed by atoms with Crippen molar-refractivity contribution in [3.8, 4) is 0 Å². The molecule has 0 radical (unpaired) electrons. The molecule has 0 saturated carbocycles. The summed E-state index contributed by atoms with van der Waals surface area (Å²) in [4.78, 5) is 26.1. The first-order valence-corrected chi connectivity index (χ1v) is 10.5. The zero-order valence-corrected chi connectivity index (χ0v) is 17.4. The molecule has 0 spiro atoms. The van der Waals surface area contributed by atoms with Crippen LogP contribution in [-0.4, -0.2) is 47.1 Å². The first-order chi connectivity index (χ1) is 14.6. The van der Waals surface area contributed by atoms with E-state index in [-0.39, 0.29) is 11.8 Å². The van der Waals surface area contributed by atoms with E-state index in [1.165, 1.54) is 23.9 Å². The van der Waals surface area contributed by atoms with Crippen molar-refractivity contribution < 1.29 is 9.18 Å². The molecule has 1 aromatic heterocycles. The quantitative estimate of drug-likeness (QED) is 0.629. The van der Waals surface area contributed by atoms with Gasteiger partial charge in [-0.1, -0.05) is 0 Å². The third-order valence-electron chi connectivity index (χ3n) is 4.95. The lowest BCUT2D eigenvalue weighted by Gasteiger charge is -2.36. The number of halogens is 1. The van der Waals surface area contributed by atoms with Gasteiger partial charge in [-0.25, -0.2) is 19.2 Å². The number of urea groups is 1. The van der Waals surface area contributed by atoms with E-state index < -0.39 is 0 Å². The van der Waals surface area contributed by atoms with Crippen LogP contribution in [0.1, 0.15) is 5.56 Å². The third-order valence-corrected chi connectivity index (χ3v) is 5.83. The van der Waals surface area contributed by atoms with Crippen molar-refractivity contribution in [3.63, 3.8) is 0 Å². The fourth-order valence-corrected chi connectivity index (χ4v) is 4.11. The lowest BCUT2D eigenvalue weighted by Crippen LogP contribution is -2.50. The molecule has 0 unspecified atom stereocenters. The molecule has 1 N–H and O–H groups in total. The number of aryl methyl sites for hydroxylation is 1. The van der Waals surface area contributed by atoms with Crippen molar-refractivity contribution >= 4 is 29.2 Å². The predicted molar refractivity (Wildman–Crippen MR) is 117 cm³/mol. The maximum absolute atomic E-state index is 13.1. The Balaban J connectivity index is 1.33. The van der Waals surface area contributed by atoms with Gasteiger partial charge in [0, 0.05) is 54.8 Å². The Labute approximate surface area is 179 Å². The van der Waals surface area contributed by atoms with Gasteiger partial charge in [-0.15, -0.1) is 0 Å². The number of carbonyl (C=O) groups excluding carboxylic acids is 1. The van der Waals surface area contributed by atoms with E-state index in [2.05, 4.69) is 20.2 Å². The number of rotatable bonds is 4. The standard InChI is InChI=1S/C22H22FN5OS/c1-16-15-19(30-21-24-9-2-10-25-21)7-8-20(16)26-22(29)28-13-11-27(12-14-28)18-5-3-17(23)4-6-18/h2-10,15H,11-14H2,1H3,(H,26,29). The Kier molecular flexibility index (Phi) is 6.13. The second kappa shape index (κ2) is 9.13. The maximum Gasteiger partial charge on any atom is 0.321 e. The Hall–Kier alpha value is -3.13. The molecule has 1 saturated heterocycles. The highest BCUT2D eigenvalue weighted by Crippen LogP contribution is 2.28. The number of aromatic nitrogens is 2. The summed E-state index contributed by atoms with van der Waals surface area (Å²) in [5.74, 6) is -0.243. The molecule has 0 aliphatic carbocycles. The van der Waals surface area contributed by atoms with Crippen LogP contribution < -0.4 is 10.2 Å². The molecule has 2 amide bonds. The SMILES string of the molecule is Cc1cc(Sc2ncccn2)ccc1NC(=O)N1CCN(c2ccc(F)cc2)CC1. The Bertz CT molecular complexity index is 1010. The van der Waals surface area contributed by atoms with Gasteiger partial charge >= 0.3 is 6.03 Å². The molecule has 1 fully saturated rings. The molecule has 0 atom stereocenters. The van der Waals surface area contributed by atoms with E-state index >= 15 is 0 Å². The molecule has 4 rings (SSSR count). The van der Waals surface area contributed by atoms with Crippen LogP contribution >= 0.6 is 11.8 Å². The number of piperazine rings is 1. The van der Waals surface area contributed by atoms with E-state index in [1.54, 1.807) is 35.5 Å². The fraction of sp³-hybridized carbons (Fsp3) is 0.227. The minimum Gasteiger partial charge on any atom is -0.368 e. The molecular weight excluding hydrogens is 401 g/mol. The zero-order valence-electron chi connectivity index (χ0n) is 16.6. The van der Waals surface area contributed by atoms with Gasteiger partial charge in [-0.05, 0) is 72.8 Å². The van der Waals surface area contributed by atoms with Crippen molar-refractivity contribution in [1.29, 1.82) is 0 Å². The maximum atomic E-state index is 13.1. The van der Waals surface area contributed by atoms with E-state index in [0.29, 0.717) is 31.3 Å². The summed E-state index contributed by atoms with van der Waals surface area (Å²) in [6.07, 6.45) is 3.43. The summed E-state index contributed by atoms with van der Waals surface area (Å²) >= 11 is 1.48. The predicted octanol–water partition coefficient (Wildman–Crippen LogP) is 4.43. The van der Waals surface area contributed by atoms with E-state index in [4.69, 9.17) is 0 Å². The highest BCUT2D eigenvalue weighted by atomic mass is 32.2. The van der Waals surface area contributed by atoms with Gasteiger partial charge in [0.05, 0.1) is 0 Å². The summed E-state index contributed by atoms with van der Waals surface area (Å²) in [6, 6.07) is 14.0. The fourth-order valence-electron chi connectivity index (χ4n) is 3.30. The number of carbonyl (C=O) groups is 1. The molecule has 0 bridgehead atoms. The van der Waals surface area contributed by atoms with Gasteiger partial charge in [-0.2, -0.15) is 0 Å². The molecule has 6 nitrogen and oxygen atoms in total. The first-order valence-electron chi connectivity index (χ1n) is 9.70. The molecule has 3 aromatic rings. The van der Waals surface area contributed by atoms with Crippen LogP contribution in [0.4, 0.5) is 20.6 Å². The summed E-state index contributed by atoms with van der Waals surface area (Å²) in [6.45, 7) is 4.62. The van der Waals surface area contributed by atoms with E-state index in [9.17, 15) is 9.18 Å². The second-order valence-electron chi connectivity index (χ2n) is 6.99. The average Bonchev–Trinajstić information content (AvgIpc) is 2.77. The van der Waals surface area contributed by atoms with Crippen LogP contribution in [0.15, 0.2) is 71.0 Å². The monoisotopic (exact) mass is 423 g/mol. The van der Waals surface area contributed by atoms with Gasteiger partial charge < -0.3 is 15.1 Å². The van der Waals surface area contributed by atoms with E-state index in [1.807, 2.05) is 25.1 Å². The Morgan fingerprint density at radius 2 is 1.73 bits per heavy atom. The van der Waals surface area contributed by atoms with Gasteiger partial charge in [0.2, 0.25) is 0 Å². The van der Waals surface area contributed by atoms with Crippen molar-refractivity contribution in [2.45, 2.75) is 17.0 Å². The summed E-state index contributed by atoms with van der Waals surface area (Å²) in [7, 11) is 0. The van der Waals surface area contributed by atoms with Crippen molar-refractivity contribution in [3.05, 3.63) is 72.3 Å². The number of anilines is 2. The number of benzene rings is 2. The molecule has 2 heterocycles. The topological polar surface area (TPSA) is 61.4 Å². The van der Waals surface area contributed by atoms with Gasteiger partial charge in [-0.3, -0.25) is 0 Å². The molecule has 8 heteroatoms. The van der Waals surface area contributed by atoms with Crippen LogP contribution in [-0.2, 0) is 0 Å². The lowest BCUT2D eigenvalue weighted by atomic mass is 10.2.